The standard InChI is InChI=1S/C10H14N2.H2N.4H2O.2Zn/c1-5-11-6-2-9(1)10-3-7-12-8-4-10;;;;;;;/h1-2,5,10H,3-4,6-8H2;5*1H2;;/q-2;-1;;;;;2*+2/p+4. The van der Waals surface area contributed by atoms with Crippen molar-refractivity contribution >= 4 is 0 Å². The minimum absolute atomic E-state index is 0. The van der Waals surface area contributed by atoms with Crippen LogP contribution < -0.4 is 0 Å². The summed E-state index contributed by atoms with van der Waals surface area (Å²) < 4.78 is 0. The largest absolute Gasteiger partial charge is 2.00 e. The molecule has 1 saturated heterocycles. The van der Waals surface area contributed by atoms with Crippen LogP contribution >= 0.6 is 0 Å². The molecule has 2 heterocycles. The molecule has 7 nitrogen and oxygen atoms in total. The number of rotatable bonds is 1. The summed E-state index contributed by atoms with van der Waals surface area (Å²) in [5.74, 6) is 0.759. The van der Waals surface area contributed by atoms with Crippen LogP contribution in [0.3, 0.4) is 0 Å². The number of hydrogen-bond donors (Lipinski definition) is 0. The SMILES string of the molecule is C1=CC(C2CC[N-]CC2)=CC[N-]1.[NH2-].[OH3+].[OH3+].[OH3+].[OH3+].[Zn+2].[Zn+2]. The zero-order valence-corrected chi connectivity index (χ0v) is 17.5. The summed E-state index contributed by atoms with van der Waals surface area (Å²) in [4.78, 5) is 0. The zero-order valence-electron chi connectivity index (χ0n) is 11.5. The van der Waals surface area contributed by atoms with Crippen molar-refractivity contribution in [2.75, 3.05) is 19.6 Å². The summed E-state index contributed by atoms with van der Waals surface area (Å²) in [6.45, 7) is 2.97. The van der Waals surface area contributed by atoms with Crippen LogP contribution in [0.15, 0.2) is 23.9 Å². The molecule has 0 amide bonds. The quantitative estimate of drug-likeness (QED) is 0.420. The Hall–Kier alpha value is 0.287. The molecular formula is C10H28N3O4Zn2+5. The van der Waals surface area contributed by atoms with Crippen LogP contribution in [-0.4, -0.2) is 19.6 Å². The predicted molar refractivity (Wildman–Crippen MR) is 76.0 cm³/mol. The molecule has 0 radical (unpaired) electrons. The van der Waals surface area contributed by atoms with Crippen LogP contribution in [0.5, 0.6) is 0 Å². The molecule has 9 heteroatoms. The van der Waals surface area contributed by atoms with Gasteiger partial charge in [-0.25, -0.2) is 0 Å². The summed E-state index contributed by atoms with van der Waals surface area (Å²) in [6, 6.07) is 0. The Morgan fingerprint density at radius 1 is 0.947 bits per heavy atom. The van der Waals surface area contributed by atoms with Gasteiger partial charge in [0, 0.05) is 0 Å². The Bertz CT molecular complexity index is 225. The number of hydrogen-bond acceptors (Lipinski definition) is 0. The van der Waals surface area contributed by atoms with Gasteiger partial charge >= 0.3 is 39.0 Å². The molecule has 14 N–H and O–H groups in total. The van der Waals surface area contributed by atoms with Crippen molar-refractivity contribution in [3.05, 3.63) is 40.7 Å². The van der Waals surface area contributed by atoms with E-state index in [1.807, 2.05) is 6.20 Å². The van der Waals surface area contributed by atoms with E-state index in [1.165, 1.54) is 18.4 Å². The third-order valence-corrected chi connectivity index (χ3v) is 2.55. The predicted octanol–water partition coefficient (Wildman–Crippen LogP) is -0.378. The molecule has 2 aliphatic heterocycles. The topological polar surface area (TPSA) is 194 Å². The van der Waals surface area contributed by atoms with Gasteiger partial charge in [0.25, 0.3) is 0 Å². The number of allylic oxidation sites excluding steroid dienone is 2. The minimum Gasteiger partial charge on any atom is -0.693 e. The molecule has 0 aromatic carbocycles. The van der Waals surface area contributed by atoms with Gasteiger partial charge in [-0.1, -0.05) is 30.6 Å². The molecule has 1 fully saturated rings. The van der Waals surface area contributed by atoms with Crippen molar-refractivity contribution in [1.29, 1.82) is 0 Å². The number of nitrogens with two attached hydrogens (primary N) is 1. The zero-order chi connectivity index (χ0) is 8.23. The van der Waals surface area contributed by atoms with Crippen LogP contribution in [0.25, 0.3) is 16.8 Å². The van der Waals surface area contributed by atoms with Gasteiger partial charge in [0.15, 0.2) is 0 Å². The van der Waals surface area contributed by atoms with Crippen molar-refractivity contribution in [2.24, 2.45) is 5.92 Å². The first-order chi connectivity index (χ1) is 5.97. The second-order valence-corrected chi connectivity index (χ2v) is 3.33. The van der Waals surface area contributed by atoms with Gasteiger partial charge in [-0.05, 0) is 5.92 Å². The molecule has 0 aliphatic carbocycles. The molecule has 0 atom stereocenters. The average Bonchev–Trinajstić information content (AvgIpc) is 2.21. The molecular weight excluding hydrogens is 357 g/mol. The van der Waals surface area contributed by atoms with Gasteiger partial charge in [-0.15, -0.1) is 19.6 Å². The Morgan fingerprint density at radius 2 is 1.47 bits per heavy atom. The van der Waals surface area contributed by atoms with Crippen LogP contribution in [-0.2, 0) is 60.9 Å². The van der Waals surface area contributed by atoms with Crippen molar-refractivity contribution in [3.8, 4) is 0 Å². The maximum atomic E-state index is 4.35. The normalized spacial score (nSPS) is 15.7. The van der Waals surface area contributed by atoms with Gasteiger partial charge in [-0.2, -0.15) is 6.20 Å². The fourth-order valence-corrected chi connectivity index (χ4v) is 1.81. The van der Waals surface area contributed by atoms with E-state index in [4.69, 9.17) is 0 Å². The molecule has 2 aliphatic rings. The molecule has 0 unspecified atom stereocenters. The summed E-state index contributed by atoms with van der Waals surface area (Å²) >= 11 is 0. The fourth-order valence-electron chi connectivity index (χ4n) is 1.81. The summed E-state index contributed by atoms with van der Waals surface area (Å²) in [6.07, 6.45) is 8.79. The van der Waals surface area contributed by atoms with Crippen LogP contribution in [0.2, 0.25) is 0 Å². The van der Waals surface area contributed by atoms with E-state index < -0.39 is 0 Å². The molecule has 0 spiro atoms. The van der Waals surface area contributed by atoms with E-state index in [0.29, 0.717) is 0 Å². The van der Waals surface area contributed by atoms with E-state index in [2.05, 4.69) is 22.8 Å². The first kappa shape index (κ1) is 36.5. The molecule has 0 bridgehead atoms. The van der Waals surface area contributed by atoms with Crippen molar-refractivity contribution in [1.82, 2.24) is 0 Å². The van der Waals surface area contributed by atoms with Gasteiger partial charge in [0.2, 0.25) is 0 Å². The van der Waals surface area contributed by atoms with Gasteiger partial charge in [0.05, 0.1) is 0 Å². The minimum atomic E-state index is 0. The fraction of sp³-hybridized carbons (Fsp3) is 0.600. The van der Waals surface area contributed by atoms with Crippen LogP contribution in [0.1, 0.15) is 12.8 Å². The smallest absolute Gasteiger partial charge is 0.693 e. The van der Waals surface area contributed by atoms with Gasteiger partial charge < -0.3 is 38.7 Å². The van der Waals surface area contributed by atoms with Crippen molar-refractivity contribution < 1.29 is 60.9 Å². The monoisotopic (exact) mass is 382 g/mol. The molecule has 0 aromatic heterocycles. The Morgan fingerprint density at radius 3 is 1.89 bits per heavy atom. The second-order valence-electron chi connectivity index (χ2n) is 3.33. The van der Waals surface area contributed by atoms with Crippen LogP contribution in [0, 0.1) is 5.92 Å². The van der Waals surface area contributed by atoms with E-state index in [0.717, 1.165) is 25.6 Å². The summed E-state index contributed by atoms with van der Waals surface area (Å²) in [7, 11) is 0. The number of piperidine rings is 1. The average molecular weight is 385 g/mol. The van der Waals surface area contributed by atoms with E-state index in [1.54, 1.807) is 0 Å². The van der Waals surface area contributed by atoms with Gasteiger partial charge in [0.1, 0.15) is 0 Å². The second kappa shape index (κ2) is 20.6. The van der Waals surface area contributed by atoms with Gasteiger partial charge in [-0.3, -0.25) is 0 Å². The molecule has 2 rings (SSSR count). The molecule has 106 valence electrons. The van der Waals surface area contributed by atoms with E-state index >= 15 is 0 Å². The Balaban J connectivity index is -0.0000000604. The molecule has 0 aromatic rings. The Kier molecular flexibility index (Phi) is 39.6. The maximum Gasteiger partial charge on any atom is 2.00 e. The Labute approximate surface area is 140 Å². The van der Waals surface area contributed by atoms with Crippen molar-refractivity contribution in [2.45, 2.75) is 12.8 Å². The molecule has 19 heavy (non-hydrogen) atoms. The first-order valence-corrected chi connectivity index (χ1v) is 4.63. The van der Waals surface area contributed by atoms with Crippen LogP contribution in [0.4, 0.5) is 0 Å². The van der Waals surface area contributed by atoms with Crippen molar-refractivity contribution in [3.63, 3.8) is 0 Å². The molecule has 0 saturated carbocycles. The third kappa shape index (κ3) is 11.8. The summed E-state index contributed by atoms with van der Waals surface area (Å²) in [5.41, 5.74) is 1.49. The number of nitrogens with zero attached hydrogens (tertiary/aromatic N) is 2. The third-order valence-electron chi connectivity index (χ3n) is 2.55. The van der Waals surface area contributed by atoms with E-state index in [-0.39, 0.29) is 67.0 Å². The first-order valence-electron chi connectivity index (χ1n) is 4.63. The van der Waals surface area contributed by atoms with E-state index in [9.17, 15) is 0 Å². The summed E-state index contributed by atoms with van der Waals surface area (Å²) in [5, 5.41) is 8.49. The maximum absolute atomic E-state index is 4.35.